The number of likely N-dealkylation sites (N-methyl/N-ethyl adjacent to an activating group) is 2. The van der Waals surface area contributed by atoms with Gasteiger partial charge in [0.15, 0.2) is 0 Å². The molecular weight excluding hydrogens is 256 g/mol. The molecule has 2 heteroatoms. The van der Waals surface area contributed by atoms with E-state index >= 15 is 0 Å². The normalized spacial score (nSPS) is 26.7. The maximum absolute atomic E-state index is 3.60. The highest BCUT2D eigenvalue weighted by molar-refractivity contribution is 5.36. The van der Waals surface area contributed by atoms with Crippen molar-refractivity contribution in [3.8, 4) is 0 Å². The van der Waals surface area contributed by atoms with Crippen molar-refractivity contribution in [2.75, 3.05) is 20.1 Å². The number of benzene rings is 1. The van der Waals surface area contributed by atoms with E-state index in [1.54, 1.807) is 0 Å². The first-order valence-corrected chi connectivity index (χ1v) is 8.62. The third-order valence-corrected chi connectivity index (χ3v) is 5.27. The molecule has 21 heavy (non-hydrogen) atoms. The molecule has 0 bridgehead atoms. The Bertz CT molecular complexity index is 443. The molecule has 118 valence electrons. The van der Waals surface area contributed by atoms with Crippen LogP contribution in [0.1, 0.15) is 63.6 Å². The Hall–Kier alpha value is -0.860. The molecule has 1 aromatic carbocycles. The Balaban J connectivity index is 2.27. The van der Waals surface area contributed by atoms with E-state index < -0.39 is 0 Å². The van der Waals surface area contributed by atoms with Crippen molar-refractivity contribution in [2.45, 2.75) is 58.5 Å². The quantitative estimate of drug-likeness (QED) is 0.844. The second kappa shape index (κ2) is 7.42. The van der Waals surface area contributed by atoms with E-state index in [0.29, 0.717) is 18.0 Å². The summed E-state index contributed by atoms with van der Waals surface area (Å²) >= 11 is 0. The van der Waals surface area contributed by atoms with Crippen LogP contribution >= 0.6 is 0 Å². The number of hydrogen-bond acceptors (Lipinski definition) is 2. The second-order valence-electron chi connectivity index (χ2n) is 6.70. The first-order chi connectivity index (χ1) is 10.1. The zero-order valence-corrected chi connectivity index (χ0v) is 14.4. The van der Waals surface area contributed by atoms with E-state index in [1.165, 1.54) is 30.5 Å². The number of nitrogens with zero attached hydrogens (tertiary/aromatic N) is 1. The van der Waals surface area contributed by atoms with E-state index in [2.05, 4.69) is 69.2 Å². The van der Waals surface area contributed by atoms with E-state index in [1.807, 2.05) is 0 Å². The zero-order valence-electron chi connectivity index (χ0n) is 14.4. The van der Waals surface area contributed by atoms with Crippen molar-refractivity contribution in [1.82, 2.24) is 10.2 Å². The standard InChI is InChI=1S/C19H32N2/c1-6-14(3)13-21(7-2)18-12-15(4)16-10-8-9-11-17(16)19(18)20-5/h8-11,14-15,18-20H,6-7,12-13H2,1-5H3. The van der Waals surface area contributed by atoms with Gasteiger partial charge in [0.25, 0.3) is 0 Å². The average Bonchev–Trinajstić information content (AvgIpc) is 2.52. The molecule has 0 fully saturated rings. The number of fused-ring (bicyclic) bond motifs is 1. The van der Waals surface area contributed by atoms with Gasteiger partial charge in [-0.3, -0.25) is 4.90 Å². The molecule has 2 rings (SSSR count). The summed E-state index contributed by atoms with van der Waals surface area (Å²) in [5, 5.41) is 3.60. The predicted octanol–water partition coefficient (Wildman–Crippen LogP) is 4.19. The minimum Gasteiger partial charge on any atom is -0.312 e. The Kier molecular flexibility index (Phi) is 5.83. The summed E-state index contributed by atoms with van der Waals surface area (Å²) in [7, 11) is 2.11. The van der Waals surface area contributed by atoms with Crippen molar-refractivity contribution in [1.29, 1.82) is 0 Å². The van der Waals surface area contributed by atoms with Crippen LogP contribution in [0.2, 0.25) is 0 Å². The van der Waals surface area contributed by atoms with E-state index in [9.17, 15) is 0 Å². The predicted molar refractivity (Wildman–Crippen MR) is 91.8 cm³/mol. The first kappa shape index (κ1) is 16.5. The molecule has 0 heterocycles. The van der Waals surface area contributed by atoms with Crippen LogP contribution in [0.3, 0.4) is 0 Å². The average molecular weight is 288 g/mol. The van der Waals surface area contributed by atoms with E-state index in [-0.39, 0.29) is 0 Å². The monoisotopic (exact) mass is 288 g/mol. The topological polar surface area (TPSA) is 15.3 Å². The molecule has 0 saturated heterocycles. The van der Waals surface area contributed by atoms with Crippen molar-refractivity contribution >= 4 is 0 Å². The van der Waals surface area contributed by atoms with Crippen molar-refractivity contribution in [2.24, 2.45) is 5.92 Å². The van der Waals surface area contributed by atoms with Gasteiger partial charge in [-0.15, -0.1) is 0 Å². The maximum Gasteiger partial charge on any atom is 0.0478 e. The van der Waals surface area contributed by atoms with Crippen LogP contribution in [0.25, 0.3) is 0 Å². The summed E-state index contributed by atoms with van der Waals surface area (Å²) < 4.78 is 0. The summed E-state index contributed by atoms with van der Waals surface area (Å²) in [5.74, 6) is 1.43. The van der Waals surface area contributed by atoms with Gasteiger partial charge in [-0.1, -0.05) is 58.4 Å². The zero-order chi connectivity index (χ0) is 15.4. The SMILES string of the molecule is CCC(C)CN(CC)C1CC(C)c2ccccc2C1NC. The molecule has 0 amide bonds. The number of rotatable bonds is 6. The van der Waals surface area contributed by atoms with Gasteiger partial charge in [0.1, 0.15) is 0 Å². The largest absolute Gasteiger partial charge is 0.312 e. The van der Waals surface area contributed by atoms with Crippen molar-refractivity contribution in [3.05, 3.63) is 35.4 Å². The summed E-state index contributed by atoms with van der Waals surface area (Å²) in [4.78, 5) is 2.70. The Morgan fingerprint density at radius 2 is 1.90 bits per heavy atom. The third-order valence-electron chi connectivity index (χ3n) is 5.27. The lowest BCUT2D eigenvalue weighted by Gasteiger charge is -2.43. The molecule has 4 unspecified atom stereocenters. The fourth-order valence-corrected chi connectivity index (χ4v) is 3.81. The highest BCUT2D eigenvalue weighted by Gasteiger charge is 2.35. The maximum atomic E-state index is 3.60. The van der Waals surface area contributed by atoms with Crippen LogP contribution in [0.15, 0.2) is 24.3 Å². The molecule has 1 aliphatic rings. The molecule has 0 saturated carbocycles. The summed E-state index contributed by atoms with van der Waals surface area (Å²) in [6, 6.07) is 10.1. The molecule has 1 aromatic rings. The first-order valence-electron chi connectivity index (χ1n) is 8.62. The Morgan fingerprint density at radius 1 is 1.24 bits per heavy atom. The number of nitrogens with one attached hydrogen (secondary N) is 1. The van der Waals surface area contributed by atoms with Gasteiger partial charge in [0.05, 0.1) is 0 Å². The molecule has 0 radical (unpaired) electrons. The van der Waals surface area contributed by atoms with Crippen LogP contribution in [0.4, 0.5) is 0 Å². The molecule has 1 aliphatic carbocycles. The van der Waals surface area contributed by atoms with Crippen molar-refractivity contribution in [3.63, 3.8) is 0 Å². The summed E-state index contributed by atoms with van der Waals surface area (Å²) in [5.41, 5.74) is 3.04. The summed E-state index contributed by atoms with van der Waals surface area (Å²) in [6.45, 7) is 11.7. The van der Waals surface area contributed by atoms with Crippen LogP contribution in [-0.4, -0.2) is 31.1 Å². The molecule has 0 aromatic heterocycles. The minimum atomic E-state index is 0.460. The molecular formula is C19H32N2. The van der Waals surface area contributed by atoms with Gasteiger partial charge >= 0.3 is 0 Å². The molecule has 1 N–H and O–H groups in total. The van der Waals surface area contributed by atoms with Gasteiger partial charge < -0.3 is 5.32 Å². The second-order valence-corrected chi connectivity index (χ2v) is 6.70. The van der Waals surface area contributed by atoms with Crippen LogP contribution < -0.4 is 5.32 Å². The molecule has 0 spiro atoms. The number of hydrogen-bond donors (Lipinski definition) is 1. The van der Waals surface area contributed by atoms with Gasteiger partial charge in [0, 0.05) is 18.6 Å². The summed E-state index contributed by atoms with van der Waals surface area (Å²) in [6.07, 6.45) is 2.52. The lowest BCUT2D eigenvalue weighted by molar-refractivity contribution is 0.124. The lowest BCUT2D eigenvalue weighted by atomic mass is 9.77. The molecule has 2 nitrogen and oxygen atoms in total. The van der Waals surface area contributed by atoms with E-state index in [0.717, 1.165) is 12.5 Å². The highest BCUT2D eigenvalue weighted by Crippen LogP contribution is 2.39. The fourth-order valence-electron chi connectivity index (χ4n) is 3.81. The van der Waals surface area contributed by atoms with Crippen LogP contribution in [-0.2, 0) is 0 Å². The Morgan fingerprint density at radius 3 is 2.48 bits per heavy atom. The van der Waals surface area contributed by atoms with Gasteiger partial charge in [-0.05, 0) is 43.0 Å². The molecule has 4 atom stereocenters. The fraction of sp³-hybridized carbons (Fsp3) is 0.684. The highest BCUT2D eigenvalue weighted by atomic mass is 15.2. The van der Waals surface area contributed by atoms with Gasteiger partial charge in [-0.25, -0.2) is 0 Å². The smallest absolute Gasteiger partial charge is 0.0478 e. The minimum absolute atomic E-state index is 0.460. The molecule has 0 aliphatic heterocycles. The lowest BCUT2D eigenvalue weighted by Crippen LogP contribution is -2.48. The third kappa shape index (κ3) is 3.49. The van der Waals surface area contributed by atoms with Gasteiger partial charge in [0.2, 0.25) is 0 Å². The van der Waals surface area contributed by atoms with Crippen molar-refractivity contribution < 1.29 is 0 Å². The van der Waals surface area contributed by atoms with Crippen LogP contribution in [0.5, 0.6) is 0 Å². The van der Waals surface area contributed by atoms with Gasteiger partial charge in [-0.2, -0.15) is 0 Å². The van der Waals surface area contributed by atoms with Crippen LogP contribution in [0, 0.1) is 5.92 Å². The van der Waals surface area contributed by atoms with E-state index in [4.69, 9.17) is 0 Å². The Labute approximate surface area is 130 Å².